The van der Waals surface area contributed by atoms with Crippen molar-refractivity contribution in [3.05, 3.63) is 23.0 Å². The van der Waals surface area contributed by atoms with E-state index >= 15 is 0 Å². The number of carboxylic acid groups (broad SMARTS) is 1. The van der Waals surface area contributed by atoms with E-state index in [1.165, 1.54) is 0 Å². The predicted molar refractivity (Wildman–Crippen MR) is 50.4 cm³/mol. The molecule has 0 bridgehead atoms. The average Bonchev–Trinajstić information content (AvgIpc) is 2.16. The number of hydrogen-bond acceptors (Lipinski definition) is 3. The number of aromatic nitrogens is 1. The summed E-state index contributed by atoms with van der Waals surface area (Å²) in [6.45, 7) is 0. The zero-order chi connectivity index (χ0) is 11.6. The van der Waals surface area contributed by atoms with Crippen LogP contribution in [0.4, 0.5) is 8.78 Å². The monoisotopic (exact) mass is 281 g/mol. The molecule has 1 aromatic rings. The molecule has 0 unspecified atom stereocenters. The summed E-state index contributed by atoms with van der Waals surface area (Å²) in [5.74, 6) is -2.32. The number of nitrogens with zero attached hydrogens (tertiary/aromatic N) is 1. The lowest BCUT2D eigenvalue weighted by Gasteiger charge is -2.09. The van der Waals surface area contributed by atoms with Gasteiger partial charge in [-0.1, -0.05) is 15.9 Å². The molecule has 0 spiro atoms. The zero-order valence-electron chi connectivity index (χ0n) is 7.25. The normalized spacial score (nSPS) is 10.7. The highest BCUT2D eigenvalue weighted by atomic mass is 79.9. The van der Waals surface area contributed by atoms with Crippen LogP contribution >= 0.6 is 15.9 Å². The molecule has 0 aromatic carbocycles. The van der Waals surface area contributed by atoms with Gasteiger partial charge in [0.15, 0.2) is 0 Å². The molecule has 15 heavy (non-hydrogen) atoms. The lowest BCUT2D eigenvalue weighted by molar-refractivity contribution is 0.0682. The van der Waals surface area contributed by atoms with Crippen LogP contribution < -0.4 is 0 Å². The van der Waals surface area contributed by atoms with Gasteiger partial charge in [-0.2, -0.15) is 0 Å². The summed E-state index contributed by atoms with van der Waals surface area (Å²) in [6, 6.07) is 0. The molecular weight excluding hydrogens is 276 g/mol. The molecule has 1 aromatic heterocycles. The van der Waals surface area contributed by atoms with Crippen LogP contribution in [0.1, 0.15) is 28.0 Å². The summed E-state index contributed by atoms with van der Waals surface area (Å²) >= 11 is 2.94. The van der Waals surface area contributed by atoms with Crippen LogP contribution in [0.15, 0.2) is 6.20 Å². The van der Waals surface area contributed by atoms with Gasteiger partial charge in [-0.25, -0.2) is 13.6 Å². The lowest BCUT2D eigenvalue weighted by atomic mass is 10.1. The molecule has 1 heterocycles. The largest absolute Gasteiger partial charge is 0.505 e. The second kappa shape index (κ2) is 4.52. The van der Waals surface area contributed by atoms with Crippen molar-refractivity contribution in [3.63, 3.8) is 0 Å². The van der Waals surface area contributed by atoms with E-state index in [4.69, 9.17) is 5.11 Å². The molecule has 4 nitrogen and oxygen atoms in total. The third-order valence-corrected chi connectivity index (χ3v) is 2.27. The van der Waals surface area contributed by atoms with Gasteiger partial charge in [-0.3, -0.25) is 4.98 Å². The average molecular weight is 282 g/mol. The van der Waals surface area contributed by atoms with Crippen LogP contribution in [0.3, 0.4) is 0 Å². The topological polar surface area (TPSA) is 70.4 Å². The molecule has 0 saturated heterocycles. The Bertz CT molecular complexity index is 398. The first-order chi connectivity index (χ1) is 6.99. The quantitative estimate of drug-likeness (QED) is 0.835. The van der Waals surface area contributed by atoms with Crippen molar-refractivity contribution < 1.29 is 23.8 Å². The Morgan fingerprint density at radius 1 is 1.60 bits per heavy atom. The molecule has 0 atom stereocenters. The predicted octanol–water partition coefficient (Wildman–Crippen LogP) is 2.32. The van der Waals surface area contributed by atoms with Crippen molar-refractivity contribution in [1.29, 1.82) is 0 Å². The van der Waals surface area contributed by atoms with Crippen molar-refractivity contribution in [1.82, 2.24) is 4.98 Å². The molecule has 0 amide bonds. The van der Waals surface area contributed by atoms with Crippen molar-refractivity contribution in [2.24, 2.45) is 0 Å². The van der Waals surface area contributed by atoms with Crippen molar-refractivity contribution in [2.45, 2.75) is 11.8 Å². The maximum absolute atomic E-state index is 12.5. The fourth-order valence-electron chi connectivity index (χ4n) is 1.05. The molecule has 0 aliphatic heterocycles. The molecule has 0 saturated carbocycles. The summed E-state index contributed by atoms with van der Waals surface area (Å²) in [4.78, 5) is 14.1. The Labute approximate surface area is 91.7 Å². The van der Waals surface area contributed by atoms with Gasteiger partial charge in [0.1, 0.15) is 5.75 Å². The number of aromatic carboxylic acids is 1. The van der Waals surface area contributed by atoms with E-state index < -0.39 is 29.3 Å². The first kappa shape index (κ1) is 11.8. The highest BCUT2D eigenvalue weighted by molar-refractivity contribution is 9.08. The van der Waals surface area contributed by atoms with Gasteiger partial charge >= 0.3 is 5.97 Å². The Balaban J connectivity index is 3.44. The van der Waals surface area contributed by atoms with Gasteiger partial charge in [0.2, 0.25) is 0 Å². The van der Waals surface area contributed by atoms with Gasteiger partial charge in [0.25, 0.3) is 6.43 Å². The fourth-order valence-corrected chi connectivity index (χ4v) is 1.46. The van der Waals surface area contributed by atoms with E-state index in [0.717, 1.165) is 6.20 Å². The Kier molecular flexibility index (Phi) is 3.57. The van der Waals surface area contributed by atoms with Crippen LogP contribution in [0, 0.1) is 0 Å². The maximum Gasteiger partial charge on any atom is 0.337 e. The number of halogens is 3. The Morgan fingerprint density at radius 2 is 2.20 bits per heavy atom. The molecule has 0 aliphatic rings. The first-order valence-electron chi connectivity index (χ1n) is 3.77. The number of rotatable bonds is 3. The van der Waals surface area contributed by atoms with E-state index in [1.807, 2.05) is 0 Å². The second-order valence-electron chi connectivity index (χ2n) is 2.62. The number of carboxylic acids is 1. The Morgan fingerprint density at radius 3 is 2.60 bits per heavy atom. The molecular formula is C8H6BrF2NO3. The van der Waals surface area contributed by atoms with Crippen LogP contribution in [0.25, 0.3) is 0 Å². The van der Waals surface area contributed by atoms with Crippen LogP contribution in [0.5, 0.6) is 5.75 Å². The van der Waals surface area contributed by atoms with Gasteiger partial charge < -0.3 is 10.2 Å². The Hall–Kier alpha value is -1.24. The minimum absolute atomic E-state index is 0.0182. The molecule has 2 N–H and O–H groups in total. The molecule has 1 rings (SSSR count). The highest BCUT2D eigenvalue weighted by Gasteiger charge is 2.24. The van der Waals surface area contributed by atoms with Crippen molar-refractivity contribution in [2.75, 3.05) is 0 Å². The highest BCUT2D eigenvalue weighted by Crippen LogP contribution is 2.33. The molecule has 7 heteroatoms. The first-order valence-corrected chi connectivity index (χ1v) is 4.89. The summed E-state index contributed by atoms with van der Waals surface area (Å²) < 4.78 is 25.0. The summed E-state index contributed by atoms with van der Waals surface area (Å²) in [5, 5.41) is 18.0. The van der Waals surface area contributed by atoms with Crippen molar-refractivity contribution in [3.8, 4) is 5.75 Å². The van der Waals surface area contributed by atoms with Crippen LogP contribution in [-0.2, 0) is 5.33 Å². The molecule has 0 aliphatic carbocycles. The maximum atomic E-state index is 12.5. The van der Waals surface area contributed by atoms with Gasteiger partial charge in [-0.15, -0.1) is 0 Å². The summed E-state index contributed by atoms with van der Waals surface area (Å²) in [6.07, 6.45) is -2.25. The van der Waals surface area contributed by atoms with E-state index in [0.29, 0.717) is 0 Å². The number of pyridine rings is 1. The van der Waals surface area contributed by atoms with E-state index in [-0.39, 0.29) is 11.0 Å². The van der Waals surface area contributed by atoms with Gasteiger partial charge in [0.05, 0.1) is 16.8 Å². The van der Waals surface area contributed by atoms with E-state index in [1.54, 1.807) is 0 Å². The van der Waals surface area contributed by atoms with Crippen LogP contribution in [-0.4, -0.2) is 21.2 Å². The second-order valence-corrected chi connectivity index (χ2v) is 3.18. The zero-order valence-corrected chi connectivity index (χ0v) is 8.83. The number of carbonyl (C=O) groups is 1. The lowest BCUT2D eigenvalue weighted by Crippen LogP contribution is -2.06. The van der Waals surface area contributed by atoms with Gasteiger partial charge in [-0.05, 0) is 0 Å². The smallest absolute Gasteiger partial charge is 0.337 e. The number of hydrogen-bond donors (Lipinski definition) is 2. The third-order valence-electron chi connectivity index (χ3n) is 1.74. The number of aromatic hydroxyl groups is 1. The van der Waals surface area contributed by atoms with Gasteiger partial charge in [0, 0.05) is 11.5 Å². The van der Waals surface area contributed by atoms with E-state index in [2.05, 4.69) is 20.9 Å². The summed E-state index contributed by atoms with van der Waals surface area (Å²) in [7, 11) is 0. The minimum atomic E-state index is -3.06. The molecule has 0 fully saturated rings. The molecule has 0 radical (unpaired) electrons. The van der Waals surface area contributed by atoms with Crippen LogP contribution in [0.2, 0.25) is 0 Å². The number of alkyl halides is 3. The SMILES string of the molecule is O=C(O)c1cnc(CBr)c(O)c1C(F)F. The minimum Gasteiger partial charge on any atom is -0.505 e. The van der Waals surface area contributed by atoms with Crippen molar-refractivity contribution >= 4 is 21.9 Å². The molecule has 82 valence electrons. The summed E-state index contributed by atoms with van der Waals surface area (Å²) in [5.41, 5.74) is -1.60. The standard InChI is InChI=1S/C8H6BrF2NO3/c9-1-4-6(13)5(7(10)11)3(2-12-4)8(14)15/h2,7,13H,1H2,(H,14,15). The fraction of sp³-hybridized carbons (Fsp3) is 0.250. The third kappa shape index (κ3) is 2.23. The van der Waals surface area contributed by atoms with E-state index in [9.17, 15) is 18.7 Å².